The Labute approximate surface area is 93.5 Å². The van der Waals surface area contributed by atoms with Crippen LogP contribution < -0.4 is 0 Å². The van der Waals surface area contributed by atoms with Crippen LogP contribution in [0.3, 0.4) is 0 Å². The Morgan fingerprint density at radius 2 is 1.38 bits per heavy atom. The minimum atomic E-state index is -2.18. The van der Waals surface area contributed by atoms with Crippen LogP contribution in [0.4, 0.5) is 0 Å². The number of rotatable bonds is 7. The molecule has 7 nitrogen and oxygen atoms in total. The second-order valence-corrected chi connectivity index (χ2v) is 2.68. The smallest absolute Gasteiger partial charge is 0.375 e. The summed E-state index contributed by atoms with van der Waals surface area (Å²) in [6, 6.07) is 0. The number of hydrogen-bond donors (Lipinski definition) is 0. The number of methoxy groups -OCH3 is 5. The number of ether oxygens (including phenoxy) is 5. The molecule has 0 aromatic heterocycles. The number of carbonyl (C=O) groups excluding carboxylic acids is 2. The van der Waals surface area contributed by atoms with Gasteiger partial charge in [-0.1, -0.05) is 0 Å². The lowest BCUT2D eigenvalue weighted by molar-refractivity contribution is -0.237. The Bertz CT molecular complexity index is 242. The Morgan fingerprint density at radius 1 is 0.938 bits per heavy atom. The summed E-state index contributed by atoms with van der Waals surface area (Å²) in [6.07, 6.45) is -1.28. The van der Waals surface area contributed by atoms with Crippen molar-refractivity contribution in [2.24, 2.45) is 0 Å². The SMILES string of the molecule is COC(=O)C(OC)(OC)C(=O)C(OC)OC. The maximum absolute atomic E-state index is 11.9. The summed E-state index contributed by atoms with van der Waals surface area (Å²) in [7, 11) is 5.89. The van der Waals surface area contributed by atoms with Gasteiger partial charge in [-0.25, -0.2) is 4.79 Å². The number of carbonyl (C=O) groups is 2. The summed E-state index contributed by atoms with van der Waals surface area (Å²) in [4.78, 5) is 23.4. The van der Waals surface area contributed by atoms with Crippen LogP contribution >= 0.6 is 0 Å². The number of ketones is 1. The zero-order chi connectivity index (χ0) is 12.8. The lowest BCUT2D eigenvalue weighted by Crippen LogP contribution is -2.55. The second kappa shape index (κ2) is 6.54. The largest absolute Gasteiger partial charge is 0.465 e. The maximum atomic E-state index is 11.9. The van der Waals surface area contributed by atoms with Crippen molar-refractivity contribution in [3.05, 3.63) is 0 Å². The van der Waals surface area contributed by atoms with Crippen LogP contribution in [-0.4, -0.2) is 59.4 Å². The van der Waals surface area contributed by atoms with Crippen LogP contribution in [0.2, 0.25) is 0 Å². The molecule has 0 fully saturated rings. The molecule has 0 saturated carbocycles. The molecule has 0 atom stereocenters. The zero-order valence-corrected chi connectivity index (χ0v) is 9.94. The highest BCUT2D eigenvalue weighted by Crippen LogP contribution is 2.18. The first kappa shape index (κ1) is 15.0. The van der Waals surface area contributed by atoms with E-state index in [2.05, 4.69) is 4.74 Å². The molecule has 0 aromatic carbocycles. The highest BCUT2D eigenvalue weighted by Gasteiger charge is 2.52. The topological polar surface area (TPSA) is 80.3 Å². The summed E-state index contributed by atoms with van der Waals surface area (Å²) >= 11 is 0. The third-order valence-corrected chi connectivity index (χ3v) is 2.00. The van der Waals surface area contributed by atoms with E-state index in [1.807, 2.05) is 0 Å². The molecule has 0 bridgehead atoms. The highest BCUT2D eigenvalue weighted by molar-refractivity contribution is 6.07. The molecular weight excluding hydrogens is 220 g/mol. The van der Waals surface area contributed by atoms with Crippen molar-refractivity contribution in [3.63, 3.8) is 0 Å². The van der Waals surface area contributed by atoms with E-state index in [0.717, 1.165) is 21.3 Å². The van der Waals surface area contributed by atoms with Gasteiger partial charge in [0.15, 0.2) is 0 Å². The number of Topliss-reactive ketones (excluding diaryl/α,β-unsaturated/α-hetero) is 1. The molecule has 0 heterocycles. The molecule has 0 saturated heterocycles. The maximum Gasteiger partial charge on any atom is 0.375 e. The first-order valence-electron chi connectivity index (χ1n) is 4.32. The minimum Gasteiger partial charge on any atom is -0.465 e. The quantitative estimate of drug-likeness (QED) is 0.329. The van der Waals surface area contributed by atoms with E-state index in [-0.39, 0.29) is 0 Å². The predicted molar refractivity (Wildman–Crippen MR) is 51.6 cm³/mol. The minimum absolute atomic E-state index is 0.839. The molecule has 0 radical (unpaired) electrons. The first-order valence-corrected chi connectivity index (χ1v) is 4.32. The molecule has 0 aromatic rings. The Balaban J connectivity index is 5.18. The van der Waals surface area contributed by atoms with E-state index >= 15 is 0 Å². The van der Waals surface area contributed by atoms with Crippen molar-refractivity contribution in [1.82, 2.24) is 0 Å². The molecule has 0 rings (SSSR count). The van der Waals surface area contributed by atoms with E-state index in [1.54, 1.807) is 0 Å². The van der Waals surface area contributed by atoms with Crippen molar-refractivity contribution in [3.8, 4) is 0 Å². The lowest BCUT2D eigenvalue weighted by Gasteiger charge is -2.28. The van der Waals surface area contributed by atoms with Gasteiger partial charge in [0, 0.05) is 28.4 Å². The fourth-order valence-electron chi connectivity index (χ4n) is 1.15. The molecule has 0 aliphatic rings. The molecule has 94 valence electrons. The first-order chi connectivity index (χ1) is 7.53. The van der Waals surface area contributed by atoms with Crippen molar-refractivity contribution in [2.75, 3.05) is 35.5 Å². The number of hydrogen-bond acceptors (Lipinski definition) is 7. The Kier molecular flexibility index (Phi) is 6.12. The molecule has 16 heavy (non-hydrogen) atoms. The van der Waals surface area contributed by atoms with Gasteiger partial charge in [-0.05, 0) is 0 Å². The van der Waals surface area contributed by atoms with Gasteiger partial charge in [-0.2, -0.15) is 0 Å². The Morgan fingerprint density at radius 3 is 1.62 bits per heavy atom. The molecule has 0 amide bonds. The summed E-state index contributed by atoms with van der Waals surface area (Å²) < 4.78 is 23.4. The molecule has 0 spiro atoms. The molecule has 0 N–H and O–H groups in total. The van der Waals surface area contributed by atoms with Gasteiger partial charge in [0.05, 0.1) is 7.11 Å². The summed E-state index contributed by atoms with van der Waals surface area (Å²) in [6.45, 7) is 0. The van der Waals surface area contributed by atoms with Gasteiger partial charge in [0.2, 0.25) is 6.29 Å². The second-order valence-electron chi connectivity index (χ2n) is 2.68. The van der Waals surface area contributed by atoms with Gasteiger partial charge in [0.25, 0.3) is 5.78 Å². The van der Waals surface area contributed by atoms with Crippen LogP contribution in [0.25, 0.3) is 0 Å². The van der Waals surface area contributed by atoms with Crippen LogP contribution in [0.5, 0.6) is 0 Å². The van der Waals surface area contributed by atoms with Crippen molar-refractivity contribution >= 4 is 11.8 Å². The monoisotopic (exact) mass is 236 g/mol. The third-order valence-electron chi connectivity index (χ3n) is 2.00. The average Bonchev–Trinajstić information content (AvgIpc) is 2.32. The van der Waals surface area contributed by atoms with Crippen LogP contribution in [0, 0.1) is 0 Å². The third kappa shape index (κ3) is 2.56. The normalized spacial score (nSPS) is 11.6. The van der Waals surface area contributed by atoms with Crippen molar-refractivity contribution < 1.29 is 33.3 Å². The van der Waals surface area contributed by atoms with E-state index in [4.69, 9.17) is 18.9 Å². The lowest BCUT2D eigenvalue weighted by atomic mass is 10.1. The summed E-state index contributed by atoms with van der Waals surface area (Å²) in [5, 5.41) is 0. The van der Waals surface area contributed by atoms with E-state index in [1.165, 1.54) is 14.2 Å². The molecule has 0 unspecified atom stereocenters. The van der Waals surface area contributed by atoms with E-state index < -0.39 is 23.8 Å². The Hall–Kier alpha value is -1.02. The van der Waals surface area contributed by atoms with E-state index in [0.29, 0.717) is 0 Å². The fourth-order valence-corrected chi connectivity index (χ4v) is 1.15. The van der Waals surface area contributed by atoms with Gasteiger partial charge >= 0.3 is 11.8 Å². The van der Waals surface area contributed by atoms with Gasteiger partial charge in [-0.15, -0.1) is 0 Å². The van der Waals surface area contributed by atoms with Crippen molar-refractivity contribution in [1.29, 1.82) is 0 Å². The van der Waals surface area contributed by atoms with Crippen LogP contribution in [0.1, 0.15) is 0 Å². The summed E-state index contributed by atoms with van der Waals surface area (Å²) in [5.41, 5.74) is 0. The highest BCUT2D eigenvalue weighted by atomic mass is 16.7. The van der Waals surface area contributed by atoms with Crippen LogP contribution in [0.15, 0.2) is 0 Å². The molecule has 7 heteroatoms. The van der Waals surface area contributed by atoms with E-state index in [9.17, 15) is 9.59 Å². The standard InChI is InChI=1S/C9H16O7/c1-12-7(13-2)6(10)9(15-4,16-5)8(11)14-3/h7H,1-5H3. The zero-order valence-electron chi connectivity index (χ0n) is 9.94. The molecular formula is C9H16O7. The number of esters is 1. The van der Waals surface area contributed by atoms with Gasteiger partial charge in [-0.3, -0.25) is 4.79 Å². The predicted octanol–water partition coefficient (Wildman–Crippen LogP) is -0.663. The van der Waals surface area contributed by atoms with Crippen molar-refractivity contribution in [2.45, 2.75) is 12.1 Å². The average molecular weight is 236 g/mol. The fraction of sp³-hybridized carbons (Fsp3) is 0.778. The van der Waals surface area contributed by atoms with Gasteiger partial charge in [0.1, 0.15) is 0 Å². The summed E-state index contributed by atoms with van der Waals surface area (Å²) in [5.74, 6) is -4.00. The van der Waals surface area contributed by atoms with Gasteiger partial charge < -0.3 is 23.7 Å². The molecule has 0 aliphatic carbocycles. The van der Waals surface area contributed by atoms with Crippen LogP contribution in [-0.2, 0) is 33.3 Å². The molecule has 0 aliphatic heterocycles.